The topological polar surface area (TPSA) is 91.3 Å². The zero-order valence-electron chi connectivity index (χ0n) is 12.3. The second kappa shape index (κ2) is 6.11. The predicted octanol–water partition coefficient (Wildman–Crippen LogP) is 2.09. The molecule has 3 N–H and O–H groups in total. The molecule has 0 aromatic carbocycles. The fraction of sp³-hybridized carbons (Fsp3) is 0.533. The Bertz CT molecular complexity index is 520. The number of carbonyl (C=O) groups is 2. The van der Waals surface area contributed by atoms with Gasteiger partial charge in [0.1, 0.15) is 0 Å². The van der Waals surface area contributed by atoms with Crippen molar-refractivity contribution in [2.24, 2.45) is 5.41 Å². The summed E-state index contributed by atoms with van der Waals surface area (Å²) in [5.74, 6) is -0.854. The highest BCUT2D eigenvalue weighted by atomic mass is 16.4. The molecule has 1 aliphatic carbocycles. The van der Waals surface area contributed by atoms with Gasteiger partial charge in [-0.1, -0.05) is 6.42 Å². The molecular weight excluding hydrogens is 270 g/mol. The molecule has 0 bridgehead atoms. The smallest absolute Gasteiger partial charge is 0.315 e. The second-order valence-electron chi connectivity index (χ2n) is 5.79. The van der Waals surface area contributed by atoms with Crippen LogP contribution in [0.5, 0.6) is 0 Å². The number of aromatic nitrogens is 1. The van der Waals surface area contributed by atoms with E-state index in [1.165, 1.54) is 0 Å². The molecule has 1 aromatic heterocycles. The fourth-order valence-corrected chi connectivity index (χ4v) is 2.79. The molecule has 2 amide bonds. The third-order valence-corrected chi connectivity index (χ3v) is 4.31. The maximum Gasteiger partial charge on any atom is 0.315 e. The molecule has 2 rings (SSSR count). The lowest BCUT2D eigenvalue weighted by Crippen LogP contribution is -2.50. The van der Waals surface area contributed by atoms with Crippen molar-refractivity contribution in [3.8, 4) is 0 Å². The third kappa shape index (κ3) is 3.32. The van der Waals surface area contributed by atoms with Gasteiger partial charge in [-0.3, -0.25) is 9.78 Å². The number of urea groups is 1. The predicted molar refractivity (Wildman–Crippen MR) is 77.7 cm³/mol. The van der Waals surface area contributed by atoms with Gasteiger partial charge in [0.15, 0.2) is 0 Å². The van der Waals surface area contributed by atoms with Gasteiger partial charge in [0, 0.05) is 18.4 Å². The molecular formula is C15H21N3O3. The first-order valence-electron chi connectivity index (χ1n) is 7.14. The molecule has 21 heavy (non-hydrogen) atoms. The number of aliphatic carboxylic acids is 1. The van der Waals surface area contributed by atoms with E-state index >= 15 is 0 Å². The summed E-state index contributed by atoms with van der Waals surface area (Å²) in [5.41, 5.74) is 0.0737. The van der Waals surface area contributed by atoms with Crippen LogP contribution in [0.25, 0.3) is 0 Å². The Morgan fingerprint density at radius 1 is 1.43 bits per heavy atom. The van der Waals surface area contributed by atoms with E-state index in [9.17, 15) is 14.7 Å². The number of amides is 2. The minimum absolute atomic E-state index is 0.162. The van der Waals surface area contributed by atoms with E-state index in [0.29, 0.717) is 12.8 Å². The largest absolute Gasteiger partial charge is 0.481 e. The van der Waals surface area contributed by atoms with Crippen LogP contribution in [-0.4, -0.2) is 28.1 Å². The molecule has 3 atom stereocenters. The molecule has 6 nitrogen and oxygen atoms in total. The number of carboxylic acid groups (broad SMARTS) is 1. The van der Waals surface area contributed by atoms with Crippen LogP contribution in [0.1, 0.15) is 44.7 Å². The van der Waals surface area contributed by atoms with E-state index in [0.717, 1.165) is 12.0 Å². The van der Waals surface area contributed by atoms with Crippen LogP contribution in [-0.2, 0) is 4.79 Å². The summed E-state index contributed by atoms with van der Waals surface area (Å²) in [4.78, 5) is 27.4. The zero-order valence-corrected chi connectivity index (χ0v) is 12.3. The number of carbonyl (C=O) groups excluding carboxylic acids is 1. The minimum atomic E-state index is -0.878. The van der Waals surface area contributed by atoms with E-state index in [-0.39, 0.29) is 18.1 Å². The van der Waals surface area contributed by atoms with Crippen LogP contribution in [0.3, 0.4) is 0 Å². The first-order chi connectivity index (χ1) is 9.93. The average molecular weight is 291 g/mol. The molecule has 6 heteroatoms. The van der Waals surface area contributed by atoms with Crippen molar-refractivity contribution in [1.29, 1.82) is 0 Å². The summed E-state index contributed by atoms with van der Waals surface area (Å²) in [5, 5.41) is 15.0. The van der Waals surface area contributed by atoms with E-state index in [1.807, 2.05) is 19.1 Å². The summed E-state index contributed by atoms with van der Waals surface area (Å²) >= 11 is 0. The van der Waals surface area contributed by atoms with E-state index in [1.54, 1.807) is 19.3 Å². The van der Waals surface area contributed by atoms with Gasteiger partial charge in [0.05, 0.1) is 11.5 Å². The summed E-state index contributed by atoms with van der Waals surface area (Å²) < 4.78 is 0. The third-order valence-electron chi connectivity index (χ3n) is 4.31. The van der Waals surface area contributed by atoms with Crippen LogP contribution >= 0.6 is 0 Å². The molecule has 1 aromatic rings. The summed E-state index contributed by atoms with van der Waals surface area (Å²) in [6, 6.07) is 2.84. The van der Waals surface area contributed by atoms with Gasteiger partial charge in [-0.2, -0.15) is 0 Å². The Labute approximate surface area is 124 Å². The highest BCUT2D eigenvalue weighted by molar-refractivity contribution is 5.79. The lowest BCUT2D eigenvalue weighted by molar-refractivity contribution is -0.148. The Balaban J connectivity index is 1.94. The highest BCUT2D eigenvalue weighted by Crippen LogP contribution is 2.38. The first kappa shape index (κ1) is 15.3. The van der Waals surface area contributed by atoms with E-state index in [2.05, 4.69) is 15.6 Å². The number of hydrogen-bond acceptors (Lipinski definition) is 3. The van der Waals surface area contributed by atoms with Crippen molar-refractivity contribution in [1.82, 2.24) is 15.6 Å². The normalized spacial score (nSPS) is 26.1. The number of pyridine rings is 1. The van der Waals surface area contributed by atoms with Crippen molar-refractivity contribution in [2.75, 3.05) is 0 Å². The Hall–Kier alpha value is -2.11. The van der Waals surface area contributed by atoms with Gasteiger partial charge in [-0.25, -0.2) is 4.79 Å². The monoisotopic (exact) mass is 291 g/mol. The van der Waals surface area contributed by atoms with E-state index < -0.39 is 11.4 Å². The van der Waals surface area contributed by atoms with Gasteiger partial charge in [-0.05, 0) is 44.4 Å². The maximum absolute atomic E-state index is 12.1. The van der Waals surface area contributed by atoms with Crippen molar-refractivity contribution < 1.29 is 14.7 Å². The molecule has 1 fully saturated rings. The van der Waals surface area contributed by atoms with Crippen molar-refractivity contribution in [3.63, 3.8) is 0 Å². The standard InChI is InChI=1S/C15H21N3O3/c1-10(11-5-8-16-9-6-11)17-14(21)18-12-4-3-7-15(12,2)13(19)20/h5-6,8-10,12H,3-4,7H2,1-2H3,(H,19,20)(H2,17,18,21). The number of nitrogens with one attached hydrogen (secondary N) is 2. The quantitative estimate of drug-likeness (QED) is 0.792. The minimum Gasteiger partial charge on any atom is -0.481 e. The molecule has 0 saturated heterocycles. The zero-order chi connectivity index (χ0) is 15.5. The van der Waals surface area contributed by atoms with Gasteiger partial charge in [0.2, 0.25) is 0 Å². The lowest BCUT2D eigenvalue weighted by atomic mass is 9.85. The Morgan fingerprint density at radius 2 is 2.10 bits per heavy atom. The van der Waals surface area contributed by atoms with Crippen LogP contribution in [0.2, 0.25) is 0 Å². The molecule has 0 spiro atoms. The summed E-state index contributed by atoms with van der Waals surface area (Å²) in [7, 11) is 0. The Kier molecular flexibility index (Phi) is 4.45. The number of rotatable bonds is 4. The van der Waals surface area contributed by atoms with Crippen LogP contribution < -0.4 is 10.6 Å². The van der Waals surface area contributed by atoms with Crippen LogP contribution in [0, 0.1) is 5.41 Å². The number of carboxylic acids is 1. The summed E-state index contributed by atoms with van der Waals surface area (Å²) in [6.07, 6.45) is 5.44. The van der Waals surface area contributed by atoms with Crippen LogP contribution in [0.4, 0.5) is 4.79 Å². The van der Waals surface area contributed by atoms with E-state index in [4.69, 9.17) is 0 Å². The molecule has 1 saturated carbocycles. The molecule has 3 unspecified atom stereocenters. The second-order valence-corrected chi connectivity index (χ2v) is 5.79. The maximum atomic E-state index is 12.1. The van der Waals surface area contributed by atoms with Crippen molar-refractivity contribution in [2.45, 2.75) is 45.2 Å². The molecule has 0 radical (unpaired) electrons. The average Bonchev–Trinajstić information content (AvgIpc) is 2.82. The van der Waals surface area contributed by atoms with Crippen LogP contribution in [0.15, 0.2) is 24.5 Å². The highest BCUT2D eigenvalue weighted by Gasteiger charge is 2.45. The first-order valence-corrected chi connectivity index (χ1v) is 7.14. The Morgan fingerprint density at radius 3 is 2.71 bits per heavy atom. The molecule has 114 valence electrons. The van der Waals surface area contributed by atoms with Gasteiger partial charge in [0.25, 0.3) is 0 Å². The molecule has 0 aliphatic heterocycles. The fourth-order valence-electron chi connectivity index (χ4n) is 2.79. The van der Waals surface area contributed by atoms with Crippen molar-refractivity contribution in [3.05, 3.63) is 30.1 Å². The SMILES string of the molecule is CC(NC(=O)NC1CCCC1(C)C(=O)O)c1ccncc1. The molecule has 1 heterocycles. The summed E-state index contributed by atoms with van der Waals surface area (Å²) in [6.45, 7) is 3.57. The van der Waals surface area contributed by atoms with Gasteiger partial charge < -0.3 is 15.7 Å². The van der Waals surface area contributed by atoms with Gasteiger partial charge in [-0.15, -0.1) is 0 Å². The molecule has 1 aliphatic rings. The van der Waals surface area contributed by atoms with Gasteiger partial charge >= 0.3 is 12.0 Å². The number of hydrogen-bond donors (Lipinski definition) is 3. The number of nitrogens with zero attached hydrogens (tertiary/aromatic N) is 1. The van der Waals surface area contributed by atoms with Crippen molar-refractivity contribution >= 4 is 12.0 Å². The lowest BCUT2D eigenvalue weighted by Gasteiger charge is -2.28.